The van der Waals surface area contributed by atoms with E-state index in [2.05, 4.69) is 0 Å². The first-order chi connectivity index (χ1) is 7.47. The van der Waals surface area contributed by atoms with Crippen molar-refractivity contribution in [3.05, 3.63) is 33.9 Å². The number of benzene rings is 1. The number of nitro groups is 1. The molecule has 0 aromatic heterocycles. The molecular weight excluding hydrogens is 214 g/mol. The standard InChI is InChI=1S/C10H9NO5/c12-8-2-1-6(11(15)16)5-7(8)10(3-4-10)9(13)14/h1-2,5,12H,3-4H2,(H,13,14). The van der Waals surface area contributed by atoms with Crippen LogP contribution in [0.15, 0.2) is 18.2 Å². The number of rotatable bonds is 3. The average Bonchev–Trinajstić information content (AvgIpc) is 2.98. The number of hydrogen-bond donors (Lipinski definition) is 2. The van der Waals surface area contributed by atoms with Crippen molar-refractivity contribution in [2.24, 2.45) is 0 Å². The molecule has 1 saturated carbocycles. The summed E-state index contributed by atoms with van der Waals surface area (Å²) in [4.78, 5) is 21.0. The minimum atomic E-state index is -1.13. The normalized spacial score (nSPS) is 16.8. The molecule has 2 rings (SSSR count). The summed E-state index contributed by atoms with van der Waals surface area (Å²) < 4.78 is 0. The lowest BCUT2D eigenvalue weighted by Crippen LogP contribution is -2.19. The fraction of sp³-hybridized carbons (Fsp3) is 0.300. The molecule has 1 aliphatic carbocycles. The molecule has 0 unspecified atom stereocenters. The van der Waals surface area contributed by atoms with Gasteiger partial charge in [-0.05, 0) is 18.9 Å². The van der Waals surface area contributed by atoms with Crippen molar-refractivity contribution in [2.75, 3.05) is 0 Å². The summed E-state index contributed by atoms with van der Waals surface area (Å²) in [5.74, 6) is -1.26. The van der Waals surface area contributed by atoms with Crippen LogP contribution in [0, 0.1) is 10.1 Å². The average molecular weight is 223 g/mol. The second-order valence-electron chi connectivity index (χ2n) is 3.85. The zero-order valence-corrected chi connectivity index (χ0v) is 8.21. The van der Waals surface area contributed by atoms with Crippen LogP contribution in [0.1, 0.15) is 18.4 Å². The Bertz CT molecular complexity index is 478. The van der Waals surface area contributed by atoms with Gasteiger partial charge in [-0.3, -0.25) is 14.9 Å². The highest BCUT2D eigenvalue weighted by atomic mass is 16.6. The molecule has 16 heavy (non-hydrogen) atoms. The maximum absolute atomic E-state index is 11.0. The van der Waals surface area contributed by atoms with Crippen LogP contribution in [0.5, 0.6) is 5.75 Å². The fourth-order valence-corrected chi connectivity index (χ4v) is 1.74. The molecule has 1 fully saturated rings. The van der Waals surface area contributed by atoms with E-state index in [0.29, 0.717) is 12.8 Å². The zero-order chi connectivity index (χ0) is 11.9. The van der Waals surface area contributed by atoms with Gasteiger partial charge in [-0.15, -0.1) is 0 Å². The van der Waals surface area contributed by atoms with E-state index in [0.717, 1.165) is 18.2 Å². The Kier molecular flexibility index (Phi) is 2.08. The second-order valence-corrected chi connectivity index (χ2v) is 3.85. The zero-order valence-electron chi connectivity index (χ0n) is 8.21. The summed E-state index contributed by atoms with van der Waals surface area (Å²) >= 11 is 0. The fourth-order valence-electron chi connectivity index (χ4n) is 1.74. The van der Waals surface area contributed by atoms with Crippen molar-refractivity contribution in [2.45, 2.75) is 18.3 Å². The number of hydrogen-bond acceptors (Lipinski definition) is 4. The summed E-state index contributed by atoms with van der Waals surface area (Å²) in [6.07, 6.45) is 0.800. The van der Waals surface area contributed by atoms with Gasteiger partial charge in [0, 0.05) is 17.7 Å². The summed E-state index contributed by atoms with van der Waals surface area (Å²) in [6.45, 7) is 0. The molecule has 0 aliphatic heterocycles. The van der Waals surface area contributed by atoms with Gasteiger partial charge in [0.1, 0.15) is 5.75 Å². The maximum atomic E-state index is 11.0. The van der Waals surface area contributed by atoms with Gasteiger partial charge >= 0.3 is 5.97 Å². The van der Waals surface area contributed by atoms with Crippen LogP contribution < -0.4 is 0 Å². The summed E-state index contributed by atoms with van der Waals surface area (Å²) in [6, 6.07) is 3.45. The number of carboxylic acid groups (broad SMARTS) is 1. The van der Waals surface area contributed by atoms with E-state index in [9.17, 15) is 20.0 Å². The van der Waals surface area contributed by atoms with Crippen LogP contribution in [-0.4, -0.2) is 21.1 Å². The number of carboxylic acids is 1. The van der Waals surface area contributed by atoms with Gasteiger partial charge < -0.3 is 10.2 Å². The molecule has 2 N–H and O–H groups in total. The Morgan fingerprint density at radius 1 is 1.44 bits per heavy atom. The largest absolute Gasteiger partial charge is 0.508 e. The van der Waals surface area contributed by atoms with Crippen LogP contribution in [0.25, 0.3) is 0 Å². The van der Waals surface area contributed by atoms with E-state index < -0.39 is 16.3 Å². The van der Waals surface area contributed by atoms with Crippen molar-refractivity contribution in [1.29, 1.82) is 0 Å². The van der Waals surface area contributed by atoms with Crippen LogP contribution in [0.3, 0.4) is 0 Å². The SMILES string of the molecule is O=C(O)C1(c2cc([N+](=O)[O-])ccc2O)CC1. The molecule has 6 nitrogen and oxygen atoms in total. The molecule has 1 aliphatic rings. The van der Waals surface area contributed by atoms with Gasteiger partial charge in [-0.1, -0.05) is 0 Å². The second kappa shape index (κ2) is 3.19. The first kappa shape index (κ1) is 10.4. The Hall–Kier alpha value is -2.11. The van der Waals surface area contributed by atoms with Crippen molar-refractivity contribution >= 4 is 11.7 Å². The Labute approximate surface area is 90.3 Å². The molecule has 0 radical (unpaired) electrons. The van der Waals surface area contributed by atoms with Crippen molar-refractivity contribution in [3.8, 4) is 5.75 Å². The summed E-state index contributed by atoms with van der Waals surface area (Å²) in [5, 5.41) is 29.1. The summed E-state index contributed by atoms with van der Waals surface area (Å²) in [7, 11) is 0. The summed E-state index contributed by atoms with van der Waals surface area (Å²) in [5.41, 5.74) is -1.20. The minimum absolute atomic E-state index is 0.134. The van der Waals surface area contributed by atoms with Crippen molar-refractivity contribution in [3.63, 3.8) is 0 Å². The minimum Gasteiger partial charge on any atom is -0.508 e. The lowest BCUT2D eigenvalue weighted by molar-refractivity contribution is -0.385. The number of nitro benzene ring substituents is 1. The Morgan fingerprint density at radius 2 is 2.06 bits per heavy atom. The van der Waals surface area contributed by atoms with E-state index in [4.69, 9.17) is 5.11 Å². The lowest BCUT2D eigenvalue weighted by Gasteiger charge is -2.11. The van der Waals surface area contributed by atoms with E-state index in [-0.39, 0.29) is 17.0 Å². The predicted molar refractivity (Wildman–Crippen MR) is 53.3 cm³/mol. The maximum Gasteiger partial charge on any atom is 0.314 e. The van der Waals surface area contributed by atoms with Gasteiger partial charge in [-0.25, -0.2) is 0 Å². The highest BCUT2D eigenvalue weighted by Gasteiger charge is 2.53. The first-order valence-electron chi connectivity index (χ1n) is 4.69. The molecule has 1 aromatic rings. The third kappa shape index (κ3) is 1.39. The van der Waals surface area contributed by atoms with Gasteiger partial charge in [0.15, 0.2) is 0 Å². The van der Waals surface area contributed by atoms with Crippen LogP contribution >= 0.6 is 0 Å². The Morgan fingerprint density at radius 3 is 2.50 bits per heavy atom. The molecule has 6 heteroatoms. The number of aliphatic carboxylic acids is 1. The van der Waals surface area contributed by atoms with Gasteiger partial charge in [0.2, 0.25) is 0 Å². The van der Waals surface area contributed by atoms with Crippen LogP contribution in [0.2, 0.25) is 0 Å². The molecule has 0 spiro atoms. The van der Waals surface area contributed by atoms with Gasteiger partial charge in [0.05, 0.1) is 10.3 Å². The van der Waals surface area contributed by atoms with Gasteiger partial charge in [-0.2, -0.15) is 0 Å². The number of aromatic hydroxyl groups is 1. The number of carbonyl (C=O) groups is 1. The smallest absolute Gasteiger partial charge is 0.314 e. The van der Waals surface area contributed by atoms with Crippen molar-refractivity contribution in [1.82, 2.24) is 0 Å². The molecule has 1 aromatic carbocycles. The molecular formula is C10H9NO5. The van der Waals surface area contributed by atoms with E-state index >= 15 is 0 Å². The third-order valence-electron chi connectivity index (χ3n) is 2.87. The van der Waals surface area contributed by atoms with Gasteiger partial charge in [0.25, 0.3) is 5.69 Å². The highest BCUT2D eigenvalue weighted by Crippen LogP contribution is 2.51. The number of non-ortho nitro benzene ring substituents is 1. The number of nitrogens with zero attached hydrogens (tertiary/aromatic N) is 1. The molecule has 0 amide bonds. The number of phenolic OH excluding ortho intramolecular Hbond substituents is 1. The quantitative estimate of drug-likeness (QED) is 0.596. The highest BCUT2D eigenvalue weighted by molar-refractivity contribution is 5.86. The van der Waals surface area contributed by atoms with E-state index in [1.807, 2.05) is 0 Å². The molecule has 0 atom stereocenters. The number of phenols is 1. The van der Waals surface area contributed by atoms with E-state index in [1.54, 1.807) is 0 Å². The lowest BCUT2D eigenvalue weighted by atomic mass is 9.95. The van der Waals surface area contributed by atoms with Crippen LogP contribution in [0.4, 0.5) is 5.69 Å². The first-order valence-corrected chi connectivity index (χ1v) is 4.69. The van der Waals surface area contributed by atoms with E-state index in [1.165, 1.54) is 0 Å². The predicted octanol–water partition coefficient (Wildman–Crippen LogP) is 1.42. The van der Waals surface area contributed by atoms with Crippen molar-refractivity contribution < 1.29 is 19.9 Å². The Balaban J connectivity index is 2.52. The molecule has 0 bridgehead atoms. The molecule has 0 heterocycles. The molecule has 84 valence electrons. The topological polar surface area (TPSA) is 101 Å². The van der Waals surface area contributed by atoms with Crippen LogP contribution in [-0.2, 0) is 10.2 Å². The molecule has 0 saturated heterocycles. The monoisotopic (exact) mass is 223 g/mol. The third-order valence-corrected chi connectivity index (χ3v) is 2.87.